The molecule has 0 aliphatic rings. The quantitative estimate of drug-likeness (QED) is 0.168. The Morgan fingerprint density at radius 1 is 0.778 bits per heavy atom. The number of amides is 2. The van der Waals surface area contributed by atoms with Crippen molar-refractivity contribution in [2.24, 2.45) is 5.92 Å². The monoisotopic (exact) mass is 665 g/mol. The average Bonchev–Trinajstić information content (AvgIpc) is 3.02. The Labute approximate surface area is 275 Å². The third-order valence-electron chi connectivity index (χ3n) is 7.22. The van der Waals surface area contributed by atoms with Gasteiger partial charge in [-0.2, -0.15) is 0 Å². The first-order chi connectivity index (χ1) is 21.4. The van der Waals surface area contributed by atoms with Crippen molar-refractivity contribution in [1.29, 1.82) is 0 Å². The number of hydrogen-bond donors (Lipinski definition) is 1. The molecule has 2 amide bonds. The maximum absolute atomic E-state index is 14.5. The summed E-state index contributed by atoms with van der Waals surface area (Å²) in [4.78, 5) is 29.7. The lowest BCUT2D eigenvalue weighted by atomic mass is 10.0. The maximum Gasteiger partial charge on any atom is 0.264 e. The number of sulfonamides is 1. The van der Waals surface area contributed by atoms with Crippen molar-refractivity contribution in [1.82, 2.24) is 10.2 Å². The van der Waals surface area contributed by atoms with Crippen molar-refractivity contribution >= 4 is 50.7 Å². The Hall–Kier alpha value is -3.85. The second kappa shape index (κ2) is 15.4. The van der Waals surface area contributed by atoms with Crippen molar-refractivity contribution in [3.63, 3.8) is 0 Å². The molecule has 1 atom stereocenters. The number of anilines is 1. The van der Waals surface area contributed by atoms with E-state index in [-0.39, 0.29) is 29.7 Å². The third kappa shape index (κ3) is 9.33. The molecule has 0 aliphatic carbocycles. The molecule has 4 aromatic rings. The molecule has 0 unspecified atom stereocenters. The Kier molecular flexibility index (Phi) is 11.7. The van der Waals surface area contributed by atoms with Gasteiger partial charge >= 0.3 is 0 Å². The van der Waals surface area contributed by atoms with Crippen LogP contribution in [0.3, 0.4) is 0 Å². The fourth-order valence-corrected chi connectivity index (χ4v) is 6.40. The van der Waals surface area contributed by atoms with Crippen molar-refractivity contribution in [2.45, 2.75) is 44.7 Å². The van der Waals surface area contributed by atoms with Gasteiger partial charge in [-0.15, -0.1) is 0 Å². The zero-order valence-corrected chi connectivity index (χ0v) is 27.8. The van der Waals surface area contributed by atoms with Gasteiger partial charge in [0.1, 0.15) is 12.6 Å². The highest BCUT2D eigenvalue weighted by atomic mass is 35.5. The number of benzene rings is 4. The average molecular weight is 667 g/mol. The first-order valence-corrected chi connectivity index (χ1v) is 16.8. The summed E-state index contributed by atoms with van der Waals surface area (Å²) in [5.41, 5.74) is 2.85. The van der Waals surface area contributed by atoms with Gasteiger partial charge in [0.25, 0.3) is 10.0 Å². The third-order valence-corrected chi connectivity index (χ3v) is 9.52. The predicted molar refractivity (Wildman–Crippen MR) is 181 cm³/mol. The van der Waals surface area contributed by atoms with E-state index in [0.29, 0.717) is 22.3 Å². The Morgan fingerprint density at radius 2 is 1.36 bits per heavy atom. The van der Waals surface area contributed by atoms with Gasteiger partial charge < -0.3 is 10.2 Å². The van der Waals surface area contributed by atoms with Crippen LogP contribution in [0.5, 0.6) is 0 Å². The maximum atomic E-state index is 14.5. The molecule has 4 rings (SSSR count). The summed E-state index contributed by atoms with van der Waals surface area (Å²) in [6.45, 7) is 5.82. The summed E-state index contributed by atoms with van der Waals surface area (Å²) in [5.74, 6) is -0.672. The molecule has 0 aliphatic heterocycles. The molecule has 7 nitrogen and oxygen atoms in total. The fraction of sp³-hybridized carbons (Fsp3) is 0.257. The highest BCUT2D eigenvalue weighted by Crippen LogP contribution is 2.26. The summed E-state index contributed by atoms with van der Waals surface area (Å²) < 4.78 is 29.2. The van der Waals surface area contributed by atoms with Gasteiger partial charge in [0.15, 0.2) is 0 Å². The molecule has 1 N–H and O–H groups in total. The molecular formula is C35H37Cl2N3O4S. The van der Waals surface area contributed by atoms with E-state index < -0.39 is 28.5 Å². The molecule has 0 bridgehead atoms. The predicted octanol–water partition coefficient (Wildman–Crippen LogP) is 6.91. The Bertz CT molecular complexity index is 1680. The SMILES string of the molecule is Cc1ccc(N(CC(=O)N(Cc2ccc(Cl)cc2)[C@H](Cc2ccccc2)C(=O)NCC(C)C)S(=O)(=O)c2ccc(Cl)cc2)cc1. The number of nitrogens with one attached hydrogen (secondary N) is 1. The van der Waals surface area contributed by atoms with Crippen molar-refractivity contribution in [3.8, 4) is 0 Å². The minimum Gasteiger partial charge on any atom is -0.354 e. The number of nitrogens with zero attached hydrogens (tertiary/aromatic N) is 2. The first-order valence-electron chi connectivity index (χ1n) is 14.6. The van der Waals surface area contributed by atoms with Gasteiger partial charge in [-0.05, 0) is 72.5 Å². The van der Waals surface area contributed by atoms with E-state index in [1.807, 2.05) is 51.1 Å². The Morgan fingerprint density at radius 3 is 1.93 bits per heavy atom. The van der Waals surface area contributed by atoms with Crippen LogP contribution in [-0.2, 0) is 32.6 Å². The lowest BCUT2D eigenvalue weighted by Crippen LogP contribution is -2.53. The van der Waals surface area contributed by atoms with Crippen molar-refractivity contribution in [2.75, 3.05) is 17.4 Å². The number of carbonyl (C=O) groups is 2. The van der Waals surface area contributed by atoms with Crippen LogP contribution in [0.4, 0.5) is 5.69 Å². The second-order valence-corrected chi connectivity index (χ2v) is 14.0. The standard InChI is InChI=1S/C35H37Cl2N3O4S/c1-25(2)22-38-35(42)33(21-27-7-5-4-6-8-27)39(23-28-11-13-29(36)14-12-28)34(41)24-40(31-17-9-26(3)10-18-31)45(43,44)32-19-15-30(37)16-20-32/h4-20,25,33H,21-24H2,1-3H3,(H,38,42)/t33-/m1/s1. The van der Waals surface area contributed by atoms with E-state index in [1.165, 1.54) is 29.2 Å². The molecule has 4 aromatic carbocycles. The minimum atomic E-state index is -4.21. The zero-order valence-electron chi connectivity index (χ0n) is 25.5. The van der Waals surface area contributed by atoms with E-state index in [4.69, 9.17) is 23.2 Å². The summed E-state index contributed by atoms with van der Waals surface area (Å²) in [5, 5.41) is 3.91. The fourth-order valence-electron chi connectivity index (χ4n) is 4.74. The van der Waals surface area contributed by atoms with Crippen LogP contribution >= 0.6 is 23.2 Å². The molecule has 0 aromatic heterocycles. The van der Waals surface area contributed by atoms with Crippen LogP contribution in [0.25, 0.3) is 0 Å². The van der Waals surface area contributed by atoms with Crippen LogP contribution in [0.2, 0.25) is 10.0 Å². The Balaban J connectivity index is 1.79. The molecule has 236 valence electrons. The number of hydrogen-bond acceptors (Lipinski definition) is 4. The highest BCUT2D eigenvalue weighted by Gasteiger charge is 2.34. The summed E-state index contributed by atoms with van der Waals surface area (Å²) >= 11 is 12.2. The molecule has 0 saturated carbocycles. The van der Waals surface area contributed by atoms with Crippen molar-refractivity contribution < 1.29 is 18.0 Å². The number of halogens is 2. The summed E-state index contributed by atoms with van der Waals surface area (Å²) in [7, 11) is -4.21. The molecule has 0 saturated heterocycles. The lowest BCUT2D eigenvalue weighted by Gasteiger charge is -2.34. The van der Waals surface area contributed by atoms with Crippen LogP contribution < -0.4 is 9.62 Å². The van der Waals surface area contributed by atoms with Crippen LogP contribution in [0.15, 0.2) is 108 Å². The van der Waals surface area contributed by atoms with Gasteiger partial charge in [0.05, 0.1) is 10.6 Å². The normalized spacial score (nSPS) is 12.0. The van der Waals surface area contributed by atoms with Crippen LogP contribution in [0, 0.1) is 12.8 Å². The van der Waals surface area contributed by atoms with E-state index in [0.717, 1.165) is 21.0 Å². The summed E-state index contributed by atoms with van der Waals surface area (Å²) in [6, 6.07) is 28.2. The first kappa shape index (κ1) is 34.0. The summed E-state index contributed by atoms with van der Waals surface area (Å²) in [6.07, 6.45) is 0.235. The number of rotatable bonds is 13. The minimum absolute atomic E-state index is 0.0139. The molecule has 0 fully saturated rings. The lowest BCUT2D eigenvalue weighted by molar-refractivity contribution is -0.140. The van der Waals surface area contributed by atoms with Crippen LogP contribution in [-0.4, -0.2) is 44.3 Å². The topological polar surface area (TPSA) is 86.8 Å². The molecule has 45 heavy (non-hydrogen) atoms. The van der Waals surface area contributed by atoms with Gasteiger partial charge in [0, 0.05) is 29.6 Å². The van der Waals surface area contributed by atoms with E-state index in [2.05, 4.69) is 5.32 Å². The number of carbonyl (C=O) groups excluding carboxylic acids is 2. The highest BCUT2D eigenvalue weighted by molar-refractivity contribution is 7.92. The largest absolute Gasteiger partial charge is 0.354 e. The second-order valence-electron chi connectivity index (χ2n) is 11.3. The van der Waals surface area contributed by atoms with Gasteiger partial charge in [-0.25, -0.2) is 8.42 Å². The zero-order chi connectivity index (χ0) is 32.6. The molecule has 10 heteroatoms. The van der Waals surface area contributed by atoms with Gasteiger partial charge in [0.2, 0.25) is 11.8 Å². The number of aryl methyl sites for hydroxylation is 1. The van der Waals surface area contributed by atoms with E-state index in [9.17, 15) is 18.0 Å². The van der Waals surface area contributed by atoms with Crippen LogP contribution in [0.1, 0.15) is 30.5 Å². The van der Waals surface area contributed by atoms with Crippen molar-refractivity contribution in [3.05, 3.63) is 130 Å². The molecular weight excluding hydrogens is 629 g/mol. The smallest absolute Gasteiger partial charge is 0.264 e. The molecule has 0 heterocycles. The van der Waals surface area contributed by atoms with Gasteiger partial charge in [-0.3, -0.25) is 13.9 Å². The van der Waals surface area contributed by atoms with E-state index >= 15 is 0 Å². The molecule has 0 spiro atoms. The van der Waals surface area contributed by atoms with E-state index in [1.54, 1.807) is 48.5 Å². The van der Waals surface area contributed by atoms with Gasteiger partial charge in [-0.1, -0.05) is 97.2 Å². The molecule has 0 radical (unpaired) electrons.